The van der Waals surface area contributed by atoms with Gasteiger partial charge in [0.2, 0.25) is 5.91 Å². The molecule has 36 heavy (non-hydrogen) atoms. The highest BCUT2D eigenvalue weighted by molar-refractivity contribution is 7.11. The number of hydrogen-bond donors (Lipinski definition) is 3. The summed E-state index contributed by atoms with van der Waals surface area (Å²) in [6.07, 6.45) is 3.96. The first-order valence-electron chi connectivity index (χ1n) is 11.5. The summed E-state index contributed by atoms with van der Waals surface area (Å²) in [5.41, 5.74) is 0.370. The van der Waals surface area contributed by atoms with Gasteiger partial charge in [0.1, 0.15) is 6.04 Å². The number of halogens is 3. The van der Waals surface area contributed by atoms with E-state index in [1.54, 1.807) is 16.5 Å². The Bertz CT molecular complexity index is 1210. The van der Waals surface area contributed by atoms with Crippen LogP contribution in [0.25, 0.3) is 0 Å². The Labute approximate surface area is 215 Å². The number of aliphatic hydroxyl groups is 1. The number of allylic oxidation sites excluding steroid dienone is 1. The molecular formula is C24H25ClF2N4O4S. The van der Waals surface area contributed by atoms with Gasteiger partial charge in [-0.15, -0.1) is 11.3 Å². The minimum Gasteiger partial charge on any atom is -0.478 e. The Morgan fingerprint density at radius 1 is 1.25 bits per heavy atom. The number of aliphatic hydroxyl groups excluding tert-OH is 1. The van der Waals surface area contributed by atoms with Crippen LogP contribution in [0.2, 0.25) is 5.02 Å². The average Bonchev–Trinajstić information content (AvgIpc) is 3.40. The molecule has 1 aromatic carbocycles. The summed E-state index contributed by atoms with van der Waals surface area (Å²) in [6.45, 7) is 1.56. The maximum atomic E-state index is 14.3. The van der Waals surface area contributed by atoms with Gasteiger partial charge < -0.3 is 20.4 Å². The molecule has 2 aromatic rings. The van der Waals surface area contributed by atoms with Crippen LogP contribution in [-0.4, -0.2) is 57.0 Å². The molecule has 12 heteroatoms. The molecule has 1 atom stereocenters. The number of nitrogens with one attached hydrogen (secondary N) is 1. The van der Waals surface area contributed by atoms with E-state index >= 15 is 0 Å². The molecular weight excluding hydrogens is 514 g/mol. The number of nitrogens with zero attached hydrogens (tertiary/aromatic N) is 3. The molecule has 1 amide bonds. The van der Waals surface area contributed by atoms with E-state index in [0.717, 1.165) is 6.07 Å². The topological polar surface area (TPSA) is 115 Å². The highest BCUT2D eigenvalue weighted by Crippen LogP contribution is 2.41. The molecule has 0 radical (unpaired) electrons. The minimum absolute atomic E-state index is 0.0420. The van der Waals surface area contributed by atoms with Gasteiger partial charge in [0.15, 0.2) is 22.5 Å². The Kier molecular flexibility index (Phi) is 8.01. The number of aromatic nitrogens is 1. The number of benzene rings is 1. The largest absolute Gasteiger partial charge is 0.478 e. The van der Waals surface area contributed by atoms with E-state index in [2.05, 4.69) is 15.3 Å². The highest BCUT2D eigenvalue weighted by atomic mass is 35.5. The molecule has 2 heterocycles. The molecule has 0 bridgehead atoms. The van der Waals surface area contributed by atoms with Gasteiger partial charge in [0.05, 0.1) is 17.2 Å². The monoisotopic (exact) mass is 538 g/mol. The second-order valence-corrected chi connectivity index (χ2v) is 9.95. The predicted molar refractivity (Wildman–Crippen MR) is 131 cm³/mol. The zero-order valence-corrected chi connectivity index (χ0v) is 21.0. The Morgan fingerprint density at radius 3 is 2.56 bits per heavy atom. The van der Waals surface area contributed by atoms with Crippen molar-refractivity contribution in [3.05, 3.63) is 62.2 Å². The Balaban J connectivity index is 1.73. The van der Waals surface area contributed by atoms with Crippen LogP contribution in [0.3, 0.4) is 0 Å². The van der Waals surface area contributed by atoms with Gasteiger partial charge in [-0.2, -0.15) is 0 Å². The number of carboxylic acid groups (broad SMARTS) is 1. The lowest BCUT2D eigenvalue weighted by Crippen LogP contribution is -2.44. The molecule has 1 aliphatic heterocycles. The third-order valence-corrected chi connectivity index (χ3v) is 7.75. The number of amides is 1. The summed E-state index contributed by atoms with van der Waals surface area (Å²) in [7, 11) is 0. The number of amidine groups is 1. The van der Waals surface area contributed by atoms with Gasteiger partial charge in [-0.25, -0.2) is 18.6 Å². The van der Waals surface area contributed by atoms with E-state index in [1.807, 2.05) is 0 Å². The number of aliphatic carboxylic acids is 1. The summed E-state index contributed by atoms with van der Waals surface area (Å²) < 4.78 is 28.1. The van der Waals surface area contributed by atoms with Crippen LogP contribution in [-0.2, 0) is 9.59 Å². The van der Waals surface area contributed by atoms with Crippen molar-refractivity contribution in [3.63, 3.8) is 0 Å². The standard InChI is InChI=1S/C24H25ClF2N4O4S/c1-12(33)31(9-10-32)14-4-2-13(3-5-14)20-17(24(34)35)21(15-6-7-16(26)19(27)18(15)25)30-22(29-20)23-28-8-11-36-23/h6-8,11,13-14,21,32H,2-5,9-10H2,1H3,(H,29,30)(H,34,35). The zero-order chi connectivity index (χ0) is 26.0. The third kappa shape index (κ3) is 5.14. The smallest absolute Gasteiger partial charge is 0.335 e. The van der Waals surface area contributed by atoms with Crippen LogP contribution < -0.4 is 5.32 Å². The fourth-order valence-corrected chi connectivity index (χ4v) is 5.77. The molecule has 1 aromatic heterocycles. The second kappa shape index (κ2) is 11.0. The van der Waals surface area contributed by atoms with E-state index in [9.17, 15) is 28.6 Å². The van der Waals surface area contributed by atoms with E-state index in [0.29, 0.717) is 42.2 Å². The van der Waals surface area contributed by atoms with E-state index in [4.69, 9.17) is 11.6 Å². The number of carbonyl (C=O) groups excluding carboxylic acids is 1. The molecule has 0 saturated heterocycles. The Hall–Kier alpha value is -2.89. The molecule has 3 N–H and O–H groups in total. The fourth-order valence-electron chi connectivity index (χ4n) is 4.93. The molecule has 1 aliphatic carbocycles. The van der Waals surface area contributed by atoms with Gasteiger partial charge in [-0.3, -0.25) is 9.79 Å². The lowest BCUT2D eigenvalue weighted by molar-refractivity contribution is -0.133. The first kappa shape index (κ1) is 26.2. The lowest BCUT2D eigenvalue weighted by Gasteiger charge is -2.38. The maximum Gasteiger partial charge on any atom is 0.335 e. The van der Waals surface area contributed by atoms with E-state index in [1.165, 1.54) is 24.3 Å². The number of carboxylic acids is 1. The van der Waals surface area contributed by atoms with Crippen LogP contribution in [0.5, 0.6) is 0 Å². The first-order valence-corrected chi connectivity index (χ1v) is 12.7. The molecule has 8 nitrogen and oxygen atoms in total. The van der Waals surface area contributed by atoms with Crippen LogP contribution in [0.1, 0.15) is 49.2 Å². The van der Waals surface area contributed by atoms with E-state index < -0.39 is 28.7 Å². The number of hydrogen-bond acceptors (Lipinski definition) is 7. The molecule has 4 rings (SSSR count). The summed E-state index contributed by atoms with van der Waals surface area (Å²) in [5, 5.41) is 24.4. The summed E-state index contributed by atoms with van der Waals surface area (Å²) >= 11 is 7.43. The van der Waals surface area contributed by atoms with Crippen molar-refractivity contribution in [3.8, 4) is 0 Å². The summed E-state index contributed by atoms with van der Waals surface area (Å²) in [6, 6.07) is 0.906. The molecule has 0 spiro atoms. The van der Waals surface area contributed by atoms with Crippen molar-refractivity contribution in [1.29, 1.82) is 0 Å². The van der Waals surface area contributed by atoms with Crippen molar-refractivity contribution in [2.75, 3.05) is 13.2 Å². The quantitative estimate of drug-likeness (QED) is 0.461. The predicted octanol–water partition coefficient (Wildman–Crippen LogP) is 3.90. The lowest BCUT2D eigenvalue weighted by atomic mass is 9.80. The minimum atomic E-state index is -1.27. The SMILES string of the molecule is CC(=O)N(CCO)C1CCC(C2=C(C(=O)O)C(c3ccc(F)c(F)c3Cl)N=C(c3nccs3)N2)CC1. The van der Waals surface area contributed by atoms with Crippen LogP contribution >= 0.6 is 22.9 Å². The number of rotatable bonds is 7. The normalized spacial score (nSPS) is 22.1. The number of aliphatic imine (C=N–C) groups is 1. The molecule has 192 valence electrons. The van der Waals surface area contributed by atoms with Crippen LogP contribution in [0.4, 0.5) is 8.78 Å². The Morgan fingerprint density at radius 2 is 1.97 bits per heavy atom. The van der Waals surface area contributed by atoms with Crippen molar-refractivity contribution in [2.24, 2.45) is 10.9 Å². The van der Waals surface area contributed by atoms with Crippen LogP contribution in [0.15, 0.2) is 40.0 Å². The highest BCUT2D eigenvalue weighted by Gasteiger charge is 2.38. The average molecular weight is 539 g/mol. The van der Waals surface area contributed by atoms with Crippen molar-refractivity contribution in [2.45, 2.75) is 44.7 Å². The molecule has 1 fully saturated rings. The van der Waals surface area contributed by atoms with Gasteiger partial charge in [-0.1, -0.05) is 17.7 Å². The fraction of sp³-hybridized carbons (Fsp3) is 0.417. The van der Waals surface area contributed by atoms with Crippen LogP contribution in [0, 0.1) is 17.6 Å². The van der Waals surface area contributed by atoms with Crippen molar-refractivity contribution >= 4 is 40.6 Å². The van der Waals surface area contributed by atoms with Gasteiger partial charge in [0.25, 0.3) is 0 Å². The molecule has 1 unspecified atom stereocenters. The van der Waals surface area contributed by atoms with Crippen molar-refractivity contribution < 1.29 is 28.6 Å². The number of carbonyl (C=O) groups is 2. The first-order chi connectivity index (χ1) is 17.2. The van der Waals surface area contributed by atoms with Crippen molar-refractivity contribution in [1.82, 2.24) is 15.2 Å². The second-order valence-electron chi connectivity index (χ2n) is 8.68. The third-order valence-electron chi connectivity index (χ3n) is 6.59. The maximum absolute atomic E-state index is 14.3. The van der Waals surface area contributed by atoms with Gasteiger partial charge >= 0.3 is 5.97 Å². The zero-order valence-electron chi connectivity index (χ0n) is 19.4. The van der Waals surface area contributed by atoms with Gasteiger partial charge in [0, 0.05) is 42.3 Å². The number of thiazole rings is 1. The molecule has 2 aliphatic rings. The molecule has 1 saturated carbocycles. The van der Waals surface area contributed by atoms with Gasteiger partial charge in [-0.05, 0) is 37.7 Å². The summed E-state index contributed by atoms with van der Waals surface area (Å²) in [4.78, 5) is 35.0. The van der Waals surface area contributed by atoms with E-state index in [-0.39, 0.29) is 42.2 Å². The summed E-state index contributed by atoms with van der Waals surface area (Å²) in [5.74, 6) is -3.67.